The molecule has 2 aliphatic heterocycles. The molecular weight excluding hydrogens is 376 g/mol. The Morgan fingerprint density at radius 3 is 1.83 bits per heavy atom. The largest absolute Gasteiger partial charge is 0.378 e. The highest BCUT2D eigenvalue weighted by molar-refractivity contribution is 5.80. The highest BCUT2D eigenvalue weighted by Gasteiger charge is 2.20. The van der Waals surface area contributed by atoms with Crippen LogP contribution in [0.4, 0.5) is 23.5 Å². The fraction of sp³-hybridized carbons (Fsp3) is 0.545. The molecule has 0 spiro atoms. The van der Waals surface area contributed by atoms with Gasteiger partial charge in [-0.05, 0) is 56.2 Å². The Hall–Kier alpha value is -2.90. The molecule has 2 saturated heterocycles. The monoisotopic (exact) mass is 408 g/mol. The minimum absolute atomic E-state index is 0.507. The maximum absolute atomic E-state index is 4.81. The molecule has 3 heterocycles. The molecule has 1 aromatic heterocycles. The summed E-state index contributed by atoms with van der Waals surface area (Å²) >= 11 is 0. The molecule has 0 atom stereocenters. The molecule has 8 nitrogen and oxygen atoms in total. The Labute approximate surface area is 179 Å². The number of anilines is 4. The highest BCUT2D eigenvalue weighted by Crippen LogP contribution is 2.22. The summed E-state index contributed by atoms with van der Waals surface area (Å²) in [4.78, 5) is 20.8. The molecule has 2 fully saturated rings. The zero-order chi connectivity index (χ0) is 20.8. The van der Waals surface area contributed by atoms with Crippen molar-refractivity contribution in [1.29, 1.82) is 0 Å². The van der Waals surface area contributed by atoms with Gasteiger partial charge in [0.1, 0.15) is 0 Å². The topological polar surface area (TPSA) is 72.8 Å². The van der Waals surface area contributed by atoms with Gasteiger partial charge in [-0.3, -0.25) is 0 Å². The van der Waals surface area contributed by atoms with E-state index in [0.29, 0.717) is 5.95 Å². The summed E-state index contributed by atoms with van der Waals surface area (Å²) in [6, 6.07) is 8.25. The number of hydrogen-bond donors (Lipinski definition) is 1. The van der Waals surface area contributed by atoms with Crippen LogP contribution in [-0.2, 0) is 0 Å². The van der Waals surface area contributed by atoms with Gasteiger partial charge in [-0.15, -0.1) is 0 Å². The van der Waals surface area contributed by atoms with Crippen molar-refractivity contribution in [2.75, 3.05) is 60.4 Å². The number of piperidine rings is 2. The van der Waals surface area contributed by atoms with Crippen molar-refractivity contribution in [3.63, 3.8) is 0 Å². The average Bonchev–Trinajstić information content (AvgIpc) is 2.80. The maximum atomic E-state index is 4.81. The maximum Gasteiger partial charge on any atom is 0.250 e. The van der Waals surface area contributed by atoms with Crippen LogP contribution in [0.2, 0.25) is 0 Å². The van der Waals surface area contributed by atoms with E-state index in [9.17, 15) is 0 Å². The minimum Gasteiger partial charge on any atom is -0.378 e. The lowest BCUT2D eigenvalue weighted by Crippen LogP contribution is -2.34. The van der Waals surface area contributed by atoms with Gasteiger partial charge in [-0.2, -0.15) is 20.1 Å². The van der Waals surface area contributed by atoms with Gasteiger partial charge in [0.2, 0.25) is 17.8 Å². The van der Waals surface area contributed by atoms with Crippen LogP contribution in [-0.4, -0.2) is 61.4 Å². The van der Waals surface area contributed by atoms with E-state index in [0.717, 1.165) is 49.3 Å². The predicted octanol–water partition coefficient (Wildman–Crippen LogP) is 3.36. The van der Waals surface area contributed by atoms with Crippen LogP contribution in [0.5, 0.6) is 0 Å². The molecular formula is C22H32N8. The summed E-state index contributed by atoms with van der Waals surface area (Å²) in [5.41, 5.74) is 5.22. The van der Waals surface area contributed by atoms with Crippen molar-refractivity contribution < 1.29 is 0 Å². The number of nitrogens with zero attached hydrogens (tertiary/aromatic N) is 7. The molecule has 1 N–H and O–H groups in total. The Kier molecular flexibility index (Phi) is 6.61. The van der Waals surface area contributed by atoms with Crippen LogP contribution in [0.15, 0.2) is 29.4 Å². The van der Waals surface area contributed by atoms with Crippen LogP contribution in [0, 0.1) is 0 Å². The highest BCUT2D eigenvalue weighted by atomic mass is 15.4. The van der Waals surface area contributed by atoms with E-state index < -0.39 is 0 Å². The van der Waals surface area contributed by atoms with Crippen molar-refractivity contribution in [2.24, 2.45) is 5.10 Å². The van der Waals surface area contributed by atoms with Gasteiger partial charge >= 0.3 is 0 Å². The second-order valence-electron chi connectivity index (χ2n) is 8.21. The SMILES string of the molecule is CN(C)c1ccc(/C=N/Nc2nc(N3CCCCC3)nc(N3CCCCC3)n2)cc1. The second-order valence-corrected chi connectivity index (χ2v) is 8.21. The Bertz CT molecular complexity index is 800. The summed E-state index contributed by atoms with van der Waals surface area (Å²) in [6.07, 6.45) is 9.11. The molecule has 8 heteroatoms. The lowest BCUT2D eigenvalue weighted by atomic mass is 10.1. The van der Waals surface area contributed by atoms with E-state index in [1.807, 2.05) is 26.2 Å². The predicted molar refractivity (Wildman–Crippen MR) is 124 cm³/mol. The zero-order valence-corrected chi connectivity index (χ0v) is 18.1. The average molecular weight is 409 g/mol. The zero-order valence-electron chi connectivity index (χ0n) is 18.1. The van der Waals surface area contributed by atoms with Gasteiger partial charge < -0.3 is 14.7 Å². The van der Waals surface area contributed by atoms with Gasteiger partial charge in [-0.1, -0.05) is 12.1 Å². The van der Waals surface area contributed by atoms with Crippen molar-refractivity contribution in [3.05, 3.63) is 29.8 Å². The standard InChI is InChI=1S/C22H32N8/c1-28(2)19-11-9-18(10-12-19)17-23-27-20-24-21(29-13-5-3-6-14-29)26-22(25-20)30-15-7-4-8-16-30/h9-12,17H,3-8,13-16H2,1-2H3,(H,24,25,26,27)/b23-17+. The first-order chi connectivity index (χ1) is 14.7. The summed E-state index contributed by atoms with van der Waals surface area (Å²) in [5, 5.41) is 4.38. The van der Waals surface area contributed by atoms with Gasteiger partial charge in [0.15, 0.2) is 0 Å². The Balaban J connectivity index is 1.51. The molecule has 30 heavy (non-hydrogen) atoms. The fourth-order valence-corrected chi connectivity index (χ4v) is 3.90. The first-order valence-electron chi connectivity index (χ1n) is 11.0. The van der Waals surface area contributed by atoms with Crippen LogP contribution < -0.4 is 20.1 Å². The number of benzene rings is 1. The van der Waals surface area contributed by atoms with E-state index in [2.05, 4.69) is 47.3 Å². The molecule has 0 radical (unpaired) electrons. The van der Waals surface area contributed by atoms with E-state index in [1.54, 1.807) is 6.21 Å². The van der Waals surface area contributed by atoms with Crippen molar-refractivity contribution in [2.45, 2.75) is 38.5 Å². The van der Waals surface area contributed by atoms with Crippen LogP contribution >= 0.6 is 0 Å². The Morgan fingerprint density at radius 1 is 0.800 bits per heavy atom. The number of nitrogens with one attached hydrogen (secondary N) is 1. The number of rotatable bonds is 6. The van der Waals surface area contributed by atoms with Gasteiger partial charge in [0, 0.05) is 46.0 Å². The summed E-state index contributed by atoms with van der Waals surface area (Å²) < 4.78 is 0. The van der Waals surface area contributed by atoms with E-state index >= 15 is 0 Å². The third-order valence-corrected chi connectivity index (χ3v) is 5.68. The molecule has 2 aromatic rings. The van der Waals surface area contributed by atoms with Crippen molar-refractivity contribution in [3.8, 4) is 0 Å². The molecule has 2 aliphatic rings. The molecule has 0 aliphatic carbocycles. The third kappa shape index (κ3) is 5.17. The molecule has 0 amide bonds. The van der Waals surface area contributed by atoms with Gasteiger partial charge in [0.25, 0.3) is 0 Å². The first-order valence-corrected chi connectivity index (χ1v) is 11.0. The first kappa shape index (κ1) is 20.4. The second kappa shape index (κ2) is 9.73. The van der Waals surface area contributed by atoms with Crippen LogP contribution in [0.25, 0.3) is 0 Å². The minimum atomic E-state index is 0.507. The van der Waals surface area contributed by atoms with E-state index in [4.69, 9.17) is 4.98 Å². The quantitative estimate of drug-likeness (QED) is 0.580. The molecule has 4 rings (SSSR count). The molecule has 0 bridgehead atoms. The van der Waals surface area contributed by atoms with Crippen LogP contribution in [0.1, 0.15) is 44.1 Å². The van der Waals surface area contributed by atoms with Gasteiger partial charge in [0.05, 0.1) is 6.21 Å². The number of aromatic nitrogens is 3. The molecule has 0 saturated carbocycles. The number of hydrazone groups is 1. The summed E-state index contributed by atoms with van der Waals surface area (Å²) in [6.45, 7) is 4.02. The lowest BCUT2D eigenvalue weighted by molar-refractivity contribution is 0.556. The fourth-order valence-electron chi connectivity index (χ4n) is 3.90. The number of hydrogen-bond acceptors (Lipinski definition) is 8. The van der Waals surface area contributed by atoms with E-state index in [1.165, 1.54) is 38.5 Å². The van der Waals surface area contributed by atoms with Crippen molar-refractivity contribution in [1.82, 2.24) is 15.0 Å². The van der Waals surface area contributed by atoms with Crippen molar-refractivity contribution >= 4 is 29.7 Å². The molecule has 1 aromatic carbocycles. The third-order valence-electron chi connectivity index (χ3n) is 5.68. The Morgan fingerprint density at radius 2 is 1.33 bits per heavy atom. The van der Waals surface area contributed by atoms with Gasteiger partial charge in [-0.25, -0.2) is 5.43 Å². The summed E-state index contributed by atoms with van der Waals surface area (Å²) in [5.74, 6) is 2.03. The smallest absolute Gasteiger partial charge is 0.250 e. The molecule has 0 unspecified atom stereocenters. The molecule has 160 valence electrons. The van der Waals surface area contributed by atoms with E-state index in [-0.39, 0.29) is 0 Å². The normalized spacial score (nSPS) is 17.4. The van der Waals surface area contributed by atoms with Crippen LogP contribution in [0.3, 0.4) is 0 Å². The summed E-state index contributed by atoms with van der Waals surface area (Å²) in [7, 11) is 4.07. The lowest BCUT2D eigenvalue weighted by Gasteiger charge is -2.30.